The molecule has 1 aliphatic carbocycles. The predicted octanol–water partition coefficient (Wildman–Crippen LogP) is 4.29. The number of rotatable bonds is 5. The van der Waals surface area contributed by atoms with Gasteiger partial charge in [-0.05, 0) is 31.4 Å². The zero-order chi connectivity index (χ0) is 13.4. The fraction of sp³-hybridized carbons (Fsp3) is 0.533. The number of unbranched alkanes of at least 4 members (excludes halogenated alkanes) is 2. The van der Waals surface area contributed by atoms with E-state index in [4.69, 9.17) is 4.74 Å². The van der Waals surface area contributed by atoms with E-state index < -0.39 is 6.09 Å². The van der Waals surface area contributed by atoms with Crippen LogP contribution in [0.2, 0.25) is 0 Å². The molecule has 1 rings (SSSR count). The summed E-state index contributed by atoms with van der Waals surface area (Å²) < 4.78 is 4.99. The highest BCUT2D eigenvalue weighted by molar-refractivity contribution is 5.70. The van der Waals surface area contributed by atoms with Gasteiger partial charge < -0.3 is 4.74 Å². The second-order valence-electron chi connectivity index (χ2n) is 5.14. The average molecular weight is 249 g/mol. The Labute approximate surface area is 110 Å². The topological polar surface area (TPSA) is 38.3 Å². The molecule has 0 bridgehead atoms. The highest BCUT2D eigenvalue weighted by Gasteiger charge is 2.25. The normalized spacial score (nSPS) is 17.6. The SMILES string of the molecule is CCCC/C=C/OC(=O)NC1=CC=CCC1(C)C. The van der Waals surface area contributed by atoms with Gasteiger partial charge in [0.1, 0.15) is 0 Å². The van der Waals surface area contributed by atoms with Crippen LogP contribution in [-0.4, -0.2) is 6.09 Å². The Balaban J connectivity index is 2.38. The first-order valence-corrected chi connectivity index (χ1v) is 6.56. The lowest BCUT2D eigenvalue weighted by Gasteiger charge is -2.28. The summed E-state index contributed by atoms with van der Waals surface area (Å²) >= 11 is 0. The van der Waals surface area contributed by atoms with E-state index in [0.29, 0.717) is 0 Å². The smallest absolute Gasteiger partial charge is 0.416 e. The Bertz CT molecular complexity index is 365. The van der Waals surface area contributed by atoms with Gasteiger partial charge in [0.25, 0.3) is 0 Å². The molecule has 3 heteroatoms. The van der Waals surface area contributed by atoms with Crippen molar-refractivity contribution in [2.45, 2.75) is 46.5 Å². The van der Waals surface area contributed by atoms with E-state index in [2.05, 4.69) is 32.2 Å². The third-order valence-corrected chi connectivity index (χ3v) is 2.99. The largest absolute Gasteiger partial charge is 0.418 e. The minimum atomic E-state index is -0.419. The van der Waals surface area contributed by atoms with Crippen molar-refractivity contribution < 1.29 is 9.53 Å². The van der Waals surface area contributed by atoms with E-state index in [-0.39, 0.29) is 5.41 Å². The van der Waals surface area contributed by atoms with Gasteiger partial charge in [0.2, 0.25) is 0 Å². The number of hydrogen-bond donors (Lipinski definition) is 1. The molecule has 1 N–H and O–H groups in total. The van der Waals surface area contributed by atoms with Gasteiger partial charge in [0.05, 0.1) is 6.26 Å². The van der Waals surface area contributed by atoms with Crippen molar-refractivity contribution in [2.24, 2.45) is 5.41 Å². The summed E-state index contributed by atoms with van der Waals surface area (Å²) in [6.45, 7) is 6.33. The fourth-order valence-electron chi connectivity index (χ4n) is 1.71. The van der Waals surface area contributed by atoms with E-state index >= 15 is 0 Å². The van der Waals surface area contributed by atoms with Crippen LogP contribution in [0, 0.1) is 5.41 Å². The molecule has 0 aromatic carbocycles. The molecule has 0 fully saturated rings. The number of carbonyl (C=O) groups is 1. The monoisotopic (exact) mass is 249 g/mol. The van der Waals surface area contributed by atoms with Gasteiger partial charge in [-0.1, -0.05) is 39.3 Å². The van der Waals surface area contributed by atoms with Crippen LogP contribution in [0.1, 0.15) is 46.5 Å². The summed E-state index contributed by atoms with van der Waals surface area (Å²) in [4.78, 5) is 11.6. The molecular formula is C15H23NO2. The molecule has 0 spiro atoms. The summed E-state index contributed by atoms with van der Waals surface area (Å²) in [7, 11) is 0. The van der Waals surface area contributed by atoms with Crippen molar-refractivity contribution in [3.8, 4) is 0 Å². The van der Waals surface area contributed by atoms with E-state index in [0.717, 1.165) is 31.4 Å². The first-order chi connectivity index (χ1) is 8.56. The Hall–Kier alpha value is -1.51. The predicted molar refractivity (Wildman–Crippen MR) is 73.9 cm³/mol. The van der Waals surface area contributed by atoms with Crippen LogP contribution in [-0.2, 0) is 4.74 Å². The van der Waals surface area contributed by atoms with E-state index in [9.17, 15) is 4.79 Å². The molecular weight excluding hydrogens is 226 g/mol. The molecule has 0 aromatic heterocycles. The number of amides is 1. The highest BCUT2D eigenvalue weighted by Crippen LogP contribution is 2.31. The Morgan fingerprint density at radius 1 is 1.56 bits per heavy atom. The summed E-state index contributed by atoms with van der Waals surface area (Å²) in [6.07, 6.45) is 13.0. The molecule has 0 saturated carbocycles. The molecule has 0 saturated heterocycles. The van der Waals surface area contributed by atoms with Crippen molar-refractivity contribution in [1.82, 2.24) is 5.32 Å². The highest BCUT2D eigenvalue weighted by atomic mass is 16.5. The Kier molecular flexibility index (Phi) is 5.69. The van der Waals surface area contributed by atoms with Crippen molar-refractivity contribution in [3.05, 3.63) is 36.3 Å². The quantitative estimate of drug-likeness (QED) is 0.583. The van der Waals surface area contributed by atoms with Gasteiger partial charge in [0, 0.05) is 11.1 Å². The summed E-state index contributed by atoms with van der Waals surface area (Å²) in [5.41, 5.74) is 0.858. The lowest BCUT2D eigenvalue weighted by atomic mass is 9.82. The van der Waals surface area contributed by atoms with Gasteiger partial charge in [-0.2, -0.15) is 0 Å². The fourth-order valence-corrected chi connectivity index (χ4v) is 1.71. The van der Waals surface area contributed by atoms with Crippen molar-refractivity contribution >= 4 is 6.09 Å². The van der Waals surface area contributed by atoms with Gasteiger partial charge >= 0.3 is 6.09 Å². The van der Waals surface area contributed by atoms with Crippen molar-refractivity contribution in [2.75, 3.05) is 0 Å². The summed E-state index contributed by atoms with van der Waals surface area (Å²) in [5.74, 6) is 0. The molecule has 1 aliphatic rings. The zero-order valence-electron chi connectivity index (χ0n) is 11.5. The molecule has 1 amide bonds. The van der Waals surface area contributed by atoms with E-state index in [1.165, 1.54) is 6.26 Å². The number of carbonyl (C=O) groups excluding carboxylic acids is 1. The van der Waals surface area contributed by atoms with Crippen LogP contribution in [0.25, 0.3) is 0 Å². The van der Waals surface area contributed by atoms with Crippen molar-refractivity contribution in [3.63, 3.8) is 0 Å². The van der Waals surface area contributed by atoms with Crippen LogP contribution in [0.3, 0.4) is 0 Å². The zero-order valence-corrected chi connectivity index (χ0v) is 11.5. The average Bonchev–Trinajstić information content (AvgIpc) is 2.31. The van der Waals surface area contributed by atoms with Gasteiger partial charge in [-0.3, -0.25) is 5.32 Å². The molecule has 0 unspecified atom stereocenters. The van der Waals surface area contributed by atoms with Crippen molar-refractivity contribution in [1.29, 1.82) is 0 Å². The van der Waals surface area contributed by atoms with Crippen LogP contribution in [0.15, 0.2) is 36.3 Å². The maximum Gasteiger partial charge on any atom is 0.416 e. The van der Waals surface area contributed by atoms with Gasteiger partial charge in [-0.25, -0.2) is 4.79 Å². The third-order valence-electron chi connectivity index (χ3n) is 2.99. The van der Waals surface area contributed by atoms with E-state index in [1.54, 1.807) is 0 Å². The van der Waals surface area contributed by atoms with Crippen LogP contribution < -0.4 is 5.32 Å². The Morgan fingerprint density at radius 2 is 2.33 bits per heavy atom. The Morgan fingerprint density at radius 3 is 3.00 bits per heavy atom. The number of allylic oxidation sites excluding steroid dienone is 5. The molecule has 0 heterocycles. The first-order valence-electron chi connectivity index (χ1n) is 6.56. The maximum atomic E-state index is 11.6. The number of alkyl carbamates (subject to hydrolysis) is 1. The second kappa shape index (κ2) is 7.04. The van der Waals surface area contributed by atoms with Crippen LogP contribution in [0.5, 0.6) is 0 Å². The molecule has 0 atom stereocenters. The van der Waals surface area contributed by atoms with Crippen LogP contribution in [0.4, 0.5) is 4.79 Å². The minimum Gasteiger partial charge on any atom is -0.418 e. The molecule has 0 radical (unpaired) electrons. The van der Waals surface area contributed by atoms with Crippen LogP contribution >= 0.6 is 0 Å². The molecule has 0 aromatic rings. The van der Waals surface area contributed by atoms with E-state index in [1.807, 2.05) is 18.2 Å². The molecule has 0 aliphatic heterocycles. The third kappa shape index (κ3) is 4.78. The number of nitrogens with one attached hydrogen (secondary N) is 1. The first kappa shape index (κ1) is 14.6. The standard InChI is InChI=1S/C15H23NO2/c1-4-5-6-9-12-18-14(17)16-13-10-7-8-11-15(13,2)3/h7-10,12H,4-6,11H2,1-3H3,(H,16,17)/b12-9+. The minimum absolute atomic E-state index is 0.0420. The lowest BCUT2D eigenvalue weighted by molar-refractivity contribution is 0.185. The molecule has 18 heavy (non-hydrogen) atoms. The number of hydrogen-bond acceptors (Lipinski definition) is 2. The maximum absolute atomic E-state index is 11.6. The molecule has 100 valence electrons. The molecule has 3 nitrogen and oxygen atoms in total. The lowest BCUT2D eigenvalue weighted by Crippen LogP contribution is -2.32. The van der Waals surface area contributed by atoms with Gasteiger partial charge in [0.15, 0.2) is 0 Å². The summed E-state index contributed by atoms with van der Waals surface area (Å²) in [6, 6.07) is 0. The number of ether oxygens (including phenoxy) is 1. The van der Waals surface area contributed by atoms with Gasteiger partial charge in [-0.15, -0.1) is 0 Å². The second-order valence-corrected chi connectivity index (χ2v) is 5.14. The summed E-state index contributed by atoms with van der Waals surface area (Å²) in [5, 5.41) is 2.80.